The monoisotopic (exact) mass is 296 g/mol. The predicted molar refractivity (Wildman–Crippen MR) is 74.0 cm³/mol. The summed E-state index contributed by atoms with van der Waals surface area (Å²) < 4.78 is 22.6. The first-order valence-electron chi connectivity index (χ1n) is 5.43. The van der Waals surface area contributed by atoms with Crippen LogP contribution in [-0.2, 0) is 21.1 Å². The van der Waals surface area contributed by atoms with Crippen molar-refractivity contribution in [1.29, 1.82) is 0 Å². The van der Waals surface area contributed by atoms with Gasteiger partial charge in [-0.25, -0.2) is 13.4 Å². The highest BCUT2D eigenvalue weighted by Crippen LogP contribution is 2.13. The Balaban J connectivity index is 2.02. The number of benzene rings is 1. The summed E-state index contributed by atoms with van der Waals surface area (Å²) in [5.74, 6) is -0.179. The van der Waals surface area contributed by atoms with Crippen molar-refractivity contribution >= 4 is 32.2 Å². The second kappa shape index (κ2) is 5.50. The largest absolute Gasteiger partial charge is 0.302 e. The number of nitrogens with one attached hydrogen (secondary N) is 1. The summed E-state index contributed by atoms with van der Waals surface area (Å²) in [5.41, 5.74) is 0.751. The highest BCUT2D eigenvalue weighted by atomic mass is 32.2. The summed E-state index contributed by atoms with van der Waals surface area (Å²) in [4.78, 5) is 15.9. The summed E-state index contributed by atoms with van der Waals surface area (Å²) in [7, 11) is -3.20. The van der Waals surface area contributed by atoms with Crippen LogP contribution in [0.1, 0.15) is 5.56 Å². The first-order chi connectivity index (χ1) is 8.95. The third-order valence-corrected chi connectivity index (χ3v) is 4.21. The van der Waals surface area contributed by atoms with E-state index in [1.54, 1.807) is 23.7 Å². The van der Waals surface area contributed by atoms with E-state index in [9.17, 15) is 13.2 Å². The number of hydrogen-bond acceptors (Lipinski definition) is 5. The van der Waals surface area contributed by atoms with Gasteiger partial charge in [0.2, 0.25) is 5.91 Å². The van der Waals surface area contributed by atoms with Crippen LogP contribution in [0.3, 0.4) is 0 Å². The number of amides is 1. The normalized spacial score (nSPS) is 11.2. The van der Waals surface area contributed by atoms with Gasteiger partial charge in [0.1, 0.15) is 0 Å². The van der Waals surface area contributed by atoms with Crippen molar-refractivity contribution < 1.29 is 13.2 Å². The molecule has 1 aromatic heterocycles. The lowest BCUT2D eigenvalue weighted by Gasteiger charge is -2.03. The molecule has 0 aliphatic heterocycles. The number of hydrogen-bond donors (Lipinski definition) is 1. The van der Waals surface area contributed by atoms with E-state index in [0.29, 0.717) is 5.13 Å². The van der Waals surface area contributed by atoms with Gasteiger partial charge >= 0.3 is 0 Å². The van der Waals surface area contributed by atoms with E-state index in [-0.39, 0.29) is 17.2 Å². The Hall–Kier alpha value is -1.73. The first kappa shape index (κ1) is 13.7. The smallest absolute Gasteiger partial charge is 0.230 e. The fraction of sp³-hybridized carbons (Fsp3) is 0.167. The van der Waals surface area contributed by atoms with Crippen molar-refractivity contribution in [3.63, 3.8) is 0 Å². The SMILES string of the molecule is CS(=O)(=O)c1ccc(CC(=O)Nc2nccs2)cc1. The van der Waals surface area contributed by atoms with E-state index >= 15 is 0 Å². The quantitative estimate of drug-likeness (QED) is 0.932. The van der Waals surface area contributed by atoms with Gasteiger partial charge in [-0.05, 0) is 17.7 Å². The molecule has 0 aliphatic rings. The maximum atomic E-state index is 11.7. The Kier molecular flexibility index (Phi) is 3.96. The van der Waals surface area contributed by atoms with Gasteiger partial charge in [0.05, 0.1) is 11.3 Å². The molecule has 0 atom stereocenters. The molecular weight excluding hydrogens is 284 g/mol. The lowest BCUT2D eigenvalue weighted by molar-refractivity contribution is -0.115. The summed E-state index contributed by atoms with van der Waals surface area (Å²) in [5, 5.41) is 4.99. The van der Waals surface area contributed by atoms with E-state index < -0.39 is 9.84 Å². The van der Waals surface area contributed by atoms with Crippen LogP contribution < -0.4 is 5.32 Å². The topological polar surface area (TPSA) is 76.1 Å². The molecule has 0 saturated carbocycles. The average molecular weight is 296 g/mol. The zero-order chi connectivity index (χ0) is 13.9. The number of anilines is 1. The molecule has 2 aromatic rings. The fourth-order valence-electron chi connectivity index (χ4n) is 1.49. The molecule has 7 heteroatoms. The molecule has 19 heavy (non-hydrogen) atoms. The molecule has 1 heterocycles. The van der Waals surface area contributed by atoms with Crippen molar-refractivity contribution in [2.24, 2.45) is 0 Å². The molecule has 0 bridgehead atoms. The van der Waals surface area contributed by atoms with Crippen LogP contribution in [0.5, 0.6) is 0 Å². The molecule has 2 rings (SSSR count). The van der Waals surface area contributed by atoms with Crippen molar-refractivity contribution in [3.8, 4) is 0 Å². The number of rotatable bonds is 4. The molecule has 0 radical (unpaired) electrons. The maximum absolute atomic E-state index is 11.7. The van der Waals surface area contributed by atoms with E-state index in [0.717, 1.165) is 11.8 Å². The predicted octanol–water partition coefficient (Wildman–Crippen LogP) is 1.73. The number of sulfone groups is 1. The van der Waals surface area contributed by atoms with Gasteiger partial charge in [-0.1, -0.05) is 12.1 Å². The minimum absolute atomic E-state index is 0.179. The van der Waals surface area contributed by atoms with Gasteiger partial charge in [-0.2, -0.15) is 0 Å². The van der Waals surface area contributed by atoms with E-state index in [2.05, 4.69) is 10.3 Å². The molecule has 0 aliphatic carbocycles. The molecule has 5 nitrogen and oxygen atoms in total. The average Bonchev–Trinajstić information content (AvgIpc) is 2.81. The number of nitrogens with zero attached hydrogens (tertiary/aromatic N) is 1. The van der Waals surface area contributed by atoms with Crippen LogP contribution in [-0.4, -0.2) is 25.6 Å². The standard InChI is InChI=1S/C12H12N2O3S2/c1-19(16,17)10-4-2-9(3-5-10)8-11(15)14-12-13-6-7-18-12/h2-7H,8H2,1H3,(H,13,14,15). The van der Waals surface area contributed by atoms with Crippen LogP contribution >= 0.6 is 11.3 Å². The van der Waals surface area contributed by atoms with Gasteiger partial charge in [0.25, 0.3) is 0 Å². The van der Waals surface area contributed by atoms with Crippen molar-refractivity contribution in [2.45, 2.75) is 11.3 Å². The third kappa shape index (κ3) is 3.87. The molecule has 0 saturated heterocycles. The second-order valence-corrected chi connectivity index (χ2v) is 6.89. The molecule has 1 aromatic carbocycles. The summed E-state index contributed by atoms with van der Waals surface area (Å²) in [6, 6.07) is 6.28. The molecule has 0 spiro atoms. The molecule has 1 N–H and O–H groups in total. The lowest BCUT2D eigenvalue weighted by atomic mass is 10.1. The summed E-state index contributed by atoms with van der Waals surface area (Å²) >= 11 is 1.35. The van der Waals surface area contributed by atoms with Crippen LogP contribution in [0.2, 0.25) is 0 Å². The van der Waals surface area contributed by atoms with E-state index in [4.69, 9.17) is 0 Å². The molecule has 0 fully saturated rings. The fourth-order valence-corrected chi connectivity index (χ4v) is 2.66. The molecule has 0 unspecified atom stereocenters. The molecule has 1 amide bonds. The Labute approximate surface area is 115 Å². The Bertz CT molecular complexity index is 662. The van der Waals surface area contributed by atoms with E-state index in [1.807, 2.05) is 0 Å². The first-order valence-corrected chi connectivity index (χ1v) is 8.20. The highest BCUT2D eigenvalue weighted by molar-refractivity contribution is 7.90. The number of thiazole rings is 1. The molecule has 100 valence electrons. The third-order valence-electron chi connectivity index (χ3n) is 2.39. The lowest BCUT2D eigenvalue weighted by Crippen LogP contribution is -2.14. The van der Waals surface area contributed by atoms with Gasteiger partial charge in [0.15, 0.2) is 15.0 Å². The minimum atomic E-state index is -3.20. The van der Waals surface area contributed by atoms with Crippen molar-refractivity contribution in [2.75, 3.05) is 11.6 Å². The maximum Gasteiger partial charge on any atom is 0.230 e. The van der Waals surface area contributed by atoms with E-state index in [1.165, 1.54) is 23.5 Å². The molecular formula is C12H12N2O3S2. The van der Waals surface area contributed by atoms with Gasteiger partial charge < -0.3 is 5.32 Å². The van der Waals surface area contributed by atoms with Crippen LogP contribution in [0, 0.1) is 0 Å². The van der Waals surface area contributed by atoms with Gasteiger partial charge in [0, 0.05) is 17.8 Å². The van der Waals surface area contributed by atoms with Crippen molar-refractivity contribution in [3.05, 3.63) is 41.4 Å². The summed E-state index contributed by atoms with van der Waals surface area (Å²) in [6.07, 6.45) is 2.95. The second-order valence-electron chi connectivity index (χ2n) is 3.98. The Morgan fingerprint density at radius 1 is 1.32 bits per heavy atom. The minimum Gasteiger partial charge on any atom is -0.302 e. The Morgan fingerprint density at radius 3 is 2.53 bits per heavy atom. The van der Waals surface area contributed by atoms with Crippen LogP contribution in [0.25, 0.3) is 0 Å². The Morgan fingerprint density at radius 2 is 2.00 bits per heavy atom. The summed E-state index contributed by atoms with van der Waals surface area (Å²) in [6.45, 7) is 0. The van der Waals surface area contributed by atoms with Crippen LogP contribution in [0.4, 0.5) is 5.13 Å². The van der Waals surface area contributed by atoms with Gasteiger partial charge in [-0.15, -0.1) is 11.3 Å². The number of carbonyl (C=O) groups is 1. The van der Waals surface area contributed by atoms with Crippen molar-refractivity contribution in [1.82, 2.24) is 4.98 Å². The zero-order valence-corrected chi connectivity index (χ0v) is 11.8. The van der Waals surface area contributed by atoms with Gasteiger partial charge in [-0.3, -0.25) is 4.79 Å². The number of carbonyl (C=O) groups excluding carboxylic acids is 1. The number of aromatic nitrogens is 1. The van der Waals surface area contributed by atoms with Crippen LogP contribution in [0.15, 0.2) is 40.7 Å². The zero-order valence-electron chi connectivity index (χ0n) is 10.2. The highest BCUT2D eigenvalue weighted by Gasteiger charge is 2.09.